The maximum Gasteiger partial charge on any atom is 0.573 e. The van der Waals surface area contributed by atoms with Gasteiger partial charge in [-0.2, -0.15) is 0 Å². The van der Waals surface area contributed by atoms with Crippen molar-refractivity contribution in [2.45, 2.75) is 13.3 Å². The molecule has 1 aromatic carbocycles. The molecule has 0 aliphatic rings. The van der Waals surface area contributed by atoms with Gasteiger partial charge in [-0.25, -0.2) is 0 Å². The fourth-order valence-corrected chi connectivity index (χ4v) is 1.79. The van der Waals surface area contributed by atoms with Crippen molar-refractivity contribution >= 4 is 6.29 Å². The Kier molecular flexibility index (Phi) is 3.74. The summed E-state index contributed by atoms with van der Waals surface area (Å²) in [5.74, 6) is -0.293. The number of carbonyl (C=O) groups excluding carboxylic acids is 1. The summed E-state index contributed by atoms with van der Waals surface area (Å²) in [6, 6.07) is 5.41. The Bertz CT molecular complexity index is 621. The summed E-state index contributed by atoms with van der Waals surface area (Å²) in [6.45, 7) is 1.75. The molecule has 0 N–H and O–H groups in total. The number of rotatable bonds is 3. The van der Waals surface area contributed by atoms with Crippen LogP contribution < -0.4 is 4.74 Å². The molecule has 0 atom stereocenters. The molecule has 0 aliphatic heterocycles. The fourth-order valence-electron chi connectivity index (χ4n) is 1.79. The summed E-state index contributed by atoms with van der Waals surface area (Å²) in [6.07, 6.45) is -1.03. The van der Waals surface area contributed by atoms with Gasteiger partial charge >= 0.3 is 6.36 Å². The largest absolute Gasteiger partial charge is 0.573 e. The van der Waals surface area contributed by atoms with Crippen molar-refractivity contribution in [2.75, 3.05) is 0 Å². The smallest absolute Gasteiger partial charge is 0.406 e. The Morgan fingerprint density at radius 1 is 1.15 bits per heavy atom. The van der Waals surface area contributed by atoms with E-state index in [2.05, 4.69) is 9.72 Å². The highest BCUT2D eigenvalue weighted by atomic mass is 19.4. The quantitative estimate of drug-likeness (QED) is 0.804. The lowest BCUT2D eigenvalue weighted by Gasteiger charge is -2.10. The van der Waals surface area contributed by atoms with Gasteiger partial charge < -0.3 is 4.74 Å². The minimum absolute atomic E-state index is 0.293. The highest BCUT2D eigenvalue weighted by Gasteiger charge is 2.30. The molecule has 3 nitrogen and oxygen atoms in total. The maximum absolute atomic E-state index is 12.1. The number of halogens is 3. The number of nitrogens with zero attached hydrogens (tertiary/aromatic N) is 1. The van der Waals surface area contributed by atoms with Crippen LogP contribution >= 0.6 is 0 Å². The number of aldehydes is 1. The highest BCUT2D eigenvalue weighted by molar-refractivity contribution is 5.81. The van der Waals surface area contributed by atoms with Gasteiger partial charge in [0.2, 0.25) is 0 Å². The van der Waals surface area contributed by atoms with E-state index < -0.39 is 6.36 Å². The van der Waals surface area contributed by atoms with E-state index in [1.807, 2.05) is 0 Å². The van der Waals surface area contributed by atoms with Gasteiger partial charge in [0.15, 0.2) is 6.29 Å². The first-order valence-corrected chi connectivity index (χ1v) is 5.66. The molecular weight excluding hydrogens is 271 g/mol. The van der Waals surface area contributed by atoms with Crippen LogP contribution in [0.3, 0.4) is 0 Å². The molecule has 0 unspecified atom stereocenters. The van der Waals surface area contributed by atoms with E-state index in [4.69, 9.17) is 0 Å². The second-order valence-corrected chi connectivity index (χ2v) is 4.09. The fraction of sp³-hybridized carbons (Fsp3) is 0.143. The van der Waals surface area contributed by atoms with E-state index >= 15 is 0 Å². The number of hydrogen-bond donors (Lipinski definition) is 0. The number of alkyl halides is 3. The lowest BCUT2D eigenvalue weighted by molar-refractivity contribution is -0.274. The van der Waals surface area contributed by atoms with E-state index in [0.717, 1.165) is 5.56 Å². The van der Waals surface area contributed by atoms with Crippen LogP contribution in [-0.2, 0) is 0 Å². The average Bonchev–Trinajstić information content (AvgIpc) is 2.38. The summed E-state index contributed by atoms with van der Waals surface area (Å²) in [5, 5.41) is 0. The molecule has 20 heavy (non-hydrogen) atoms. The second kappa shape index (κ2) is 5.32. The minimum atomic E-state index is -4.71. The summed E-state index contributed by atoms with van der Waals surface area (Å²) in [4.78, 5) is 14.8. The van der Waals surface area contributed by atoms with Gasteiger partial charge in [0.25, 0.3) is 0 Å². The van der Waals surface area contributed by atoms with Gasteiger partial charge in [0.1, 0.15) is 5.75 Å². The number of hydrogen-bond acceptors (Lipinski definition) is 3. The summed E-state index contributed by atoms with van der Waals surface area (Å²) in [5.41, 5.74) is 2.51. The van der Waals surface area contributed by atoms with E-state index in [9.17, 15) is 18.0 Å². The van der Waals surface area contributed by atoms with Gasteiger partial charge in [-0.05, 0) is 30.2 Å². The van der Waals surface area contributed by atoms with E-state index in [0.29, 0.717) is 23.0 Å². The second-order valence-electron chi connectivity index (χ2n) is 4.09. The van der Waals surface area contributed by atoms with Crippen LogP contribution in [0, 0.1) is 6.92 Å². The van der Waals surface area contributed by atoms with Crippen molar-refractivity contribution in [3.63, 3.8) is 0 Å². The third-order valence-electron chi connectivity index (χ3n) is 2.78. The number of ether oxygens (including phenoxy) is 1. The van der Waals surface area contributed by atoms with Crippen LogP contribution in [0.1, 0.15) is 15.9 Å². The molecule has 0 fully saturated rings. The molecule has 0 saturated carbocycles. The molecule has 0 radical (unpaired) electrons. The molecule has 0 saturated heterocycles. The zero-order valence-corrected chi connectivity index (χ0v) is 10.4. The van der Waals surface area contributed by atoms with Crippen molar-refractivity contribution in [2.24, 2.45) is 0 Å². The van der Waals surface area contributed by atoms with Crippen LogP contribution in [0.4, 0.5) is 13.2 Å². The van der Waals surface area contributed by atoms with Crippen molar-refractivity contribution in [3.05, 3.63) is 47.8 Å². The zero-order valence-electron chi connectivity index (χ0n) is 10.4. The number of aromatic nitrogens is 1. The van der Waals surface area contributed by atoms with Crippen molar-refractivity contribution < 1.29 is 22.7 Å². The molecule has 0 bridgehead atoms. The third-order valence-corrected chi connectivity index (χ3v) is 2.78. The Hall–Kier alpha value is -2.37. The number of carbonyl (C=O) groups is 1. The van der Waals surface area contributed by atoms with Crippen molar-refractivity contribution in [1.29, 1.82) is 0 Å². The minimum Gasteiger partial charge on any atom is -0.406 e. The lowest BCUT2D eigenvalue weighted by atomic mass is 10.00. The Morgan fingerprint density at radius 2 is 1.80 bits per heavy atom. The molecule has 1 heterocycles. The first-order valence-electron chi connectivity index (χ1n) is 5.66. The first kappa shape index (κ1) is 14.0. The van der Waals surface area contributed by atoms with Gasteiger partial charge in [0.05, 0.1) is 0 Å². The van der Waals surface area contributed by atoms with Gasteiger partial charge in [-0.3, -0.25) is 9.78 Å². The predicted octanol–water partition coefficient (Wildman–Crippen LogP) is 3.77. The molecule has 2 aromatic rings. The first-order chi connectivity index (χ1) is 9.40. The number of benzene rings is 1. The van der Waals surface area contributed by atoms with Crippen LogP contribution in [0.2, 0.25) is 0 Å². The standard InChI is InChI=1S/C14H10F3NO2/c1-9-11(8-19)6-18-7-13(9)10-2-4-12(5-3-10)20-14(15,16)17/h2-8H,1H3. The Labute approximate surface area is 113 Å². The van der Waals surface area contributed by atoms with Crippen LogP contribution in [0.5, 0.6) is 5.75 Å². The highest BCUT2D eigenvalue weighted by Crippen LogP contribution is 2.28. The summed E-state index contributed by atoms with van der Waals surface area (Å²) >= 11 is 0. The maximum atomic E-state index is 12.1. The molecule has 2 rings (SSSR count). The molecule has 0 aliphatic carbocycles. The lowest BCUT2D eigenvalue weighted by Crippen LogP contribution is -2.16. The predicted molar refractivity (Wildman–Crippen MR) is 66.5 cm³/mol. The van der Waals surface area contributed by atoms with Crippen LogP contribution in [0.15, 0.2) is 36.7 Å². The SMILES string of the molecule is Cc1c(C=O)cncc1-c1ccc(OC(F)(F)F)cc1. The number of pyridine rings is 1. The van der Waals surface area contributed by atoms with Crippen LogP contribution in [-0.4, -0.2) is 17.6 Å². The molecule has 0 spiro atoms. The summed E-state index contributed by atoms with van der Waals surface area (Å²) in [7, 11) is 0. The molecular formula is C14H10F3NO2. The zero-order chi connectivity index (χ0) is 14.8. The van der Waals surface area contributed by atoms with E-state index in [1.165, 1.54) is 30.5 Å². The molecule has 104 valence electrons. The van der Waals surface area contributed by atoms with Crippen molar-refractivity contribution in [1.82, 2.24) is 4.98 Å². The normalized spacial score (nSPS) is 11.2. The Morgan fingerprint density at radius 3 is 2.35 bits per heavy atom. The Balaban J connectivity index is 2.33. The molecule has 1 aromatic heterocycles. The van der Waals surface area contributed by atoms with Gasteiger partial charge in [-0.1, -0.05) is 12.1 Å². The topological polar surface area (TPSA) is 39.2 Å². The monoisotopic (exact) mass is 281 g/mol. The molecule has 0 amide bonds. The van der Waals surface area contributed by atoms with E-state index in [1.54, 1.807) is 13.1 Å². The van der Waals surface area contributed by atoms with Gasteiger partial charge in [-0.15, -0.1) is 13.2 Å². The molecule has 6 heteroatoms. The van der Waals surface area contributed by atoms with Crippen molar-refractivity contribution in [3.8, 4) is 16.9 Å². The van der Waals surface area contributed by atoms with E-state index in [-0.39, 0.29) is 5.75 Å². The van der Waals surface area contributed by atoms with Gasteiger partial charge in [0, 0.05) is 23.5 Å². The van der Waals surface area contributed by atoms with Crippen LogP contribution in [0.25, 0.3) is 11.1 Å². The average molecular weight is 281 g/mol. The third kappa shape index (κ3) is 3.14. The summed E-state index contributed by atoms with van der Waals surface area (Å²) < 4.78 is 40.0.